The predicted octanol–water partition coefficient (Wildman–Crippen LogP) is 4.92. The van der Waals surface area contributed by atoms with Crippen LogP contribution >= 0.6 is 0 Å². The van der Waals surface area contributed by atoms with Crippen LogP contribution in [0.4, 0.5) is 0 Å². The Morgan fingerprint density at radius 3 is 2.31 bits per heavy atom. The second kappa shape index (κ2) is 11.2. The van der Waals surface area contributed by atoms with Gasteiger partial charge in [0.15, 0.2) is 0 Å². The van der Waals surface area contributed by atoms with Crippen LogP contribution < -0.4 is 0 Å². The number of ether oxygens (including phenoxy) is 2. The maximum absolute atomic E-state index is 12.8. The molecule has 0 fully saturated rings. The van der Waals surface area contributed by atoms with Gasteiger partial charge in [0.05, 0.1) is 5.41 Å². The predicted molar refractivity (Wildman–Crippen MR) is 132 cm³/mol. The molecule has 0 radical (unpaired) electrons. The molecule has 0 heterocycles. The number of aromatic hydroxyl groups is 2. The molecule has 0 aliphatic heterocycles. The Bertz CT molecular complexity index is 1170. The topological polar surface area (TPSA) is 113 Å². The summed E-state index contributed by atoms with van der Waals surface area (Å²) in [5.41, 5.74) is 0.313. The summed E-state index contributed by atoms with van der Waals surface area (Å²) in [6.45, 7) is 5.11. The van der Waals surface area contributed by atoms with Crippen LogP contribution in [0.2, 0.25) is 0 Å². The monoisotopic (exact) mass is 480 g/mol. The third-order valence-electron chi connectivity index (χ3n) is 6.37. The van der Waals surface area contributed by atoms with Crippen LogP contribution in [-0.4, -0.2) is 46.6 Å². The molecule has 0 amide bonds. The molecule has 35 heavy (non-hydrogen) atoms. The number of phenols is 2. The van der Waals surface area contributed by atoms with Gasteiger partial charge in [0.2, 0.25) is 0 Å². The number of phenolic OH excluding ortho intramolecular Hbond substituents is 2. The summed E-state index contributed by atoms with van der Waals surface area (Å²) in [6, 6.07) is 17.3. The second-order valence-corrected chi connectivity index (χ2v) is 9.18. The van der Waals surface area contributed by atoms with Gasteiger partial charge in [0.25, 0.3) is 0 Å². The van der Waals surface area contributed by atoms with E-state index in [4.69, 9.17) is 9.47 Å². The molecule has 3 atom stereocenters. The van der Waals surface area contributed by atoms with Gasteiger partial charge in [0, 0.05) is 0 Å². The van der Waals surface area contributed by atoms with Crippen molar-refractivity contribution in [2.24, 2.45) is 5.41 Å². The average molecular weight is 481 g/mol. The zero-order valence-corrected chi connectivity index (χ0v) is 20.2. The van der Waals surface area contributed by atoms with Crippen LogP contribution in [0, 0.1) is 5.41 Å². The highest BCUT2D eigenvalue weighted by molar-refractivity contribution is 5.98. The van der Waals surface area contributed by atoms with Gasteiger partial charge in [-0.1, -0.05) is 50.2 Å². The molecule has 0 saturated heterocycles. The largest absolute Gasteiger partial charge is 0.508 e. The van der Waals surface area contributed by atoms with Gasteiger partial charge in [-0.3, -0.25) is 4.79 Å². The van der Waals surface area contributed by atoms with Crippen molar-refractivity contribution in [3.63, 3.8) is 0 Å². The maximum atomic E-state index is 12.8. The first-order chi connectivity index (χ1) is 16.6. The molecule has 0 aromatic heterocycles. The van der Waals surface area contributed by atoms with Crippen molar-refractivity contribution in [1.29, 1.82) is 0 Å². The number of hydrogen-bond acceptors (Lipinski definition) is 7. The van der Waals surface area contributed by atoms with Crippen molar-refractivity contribution in [3.8, 4) is 11.5 Å². The lowest BCUT2D eigenvalue weighted by Crippen LogP contribution is -2.34. The lowest BCUT2D eigenvalue weighted by Gasteiger charge is -2.29. The van der Waals surface area contributed by atoms with E-state index in [0.29, 0.717) is 23.6 Å². The van der Waals surface area contributed by atoms with Crippen molar-refractivity contribution in [2.75, 3.05) is 13.2 Å². The minimum atomic E-state index is -1.22. The highest BCUT2D eigenvalue weighted by Crippen LogP contribution is 2.35. The summed E-state index contributed by atoms with van der Waals surface area (Å²) in [4.78, 5) is 25.3. The van der Waals surface area contributed by atoms with Crippen LogP contribution in [0.25, 0.3) is 10.8 Å². The minimum Gasteiger partial charge on any atom is -0.508 e. The fraction of sp³-hybridized carbons (Fsp3) is 0.357. The molecular weight excluding hydrogens is 448 g/mol. The smallest absolute Gasteiger partial charge is 0.342 e. The molecule has 3 unspecified atom stereocenters. The lowest BCUT2D eigenvalue weighted by atomic mass is 9.77. The van der Waals surface area contributed by atoms with E-state index in [1.165, 1.54) is 24.3 Å². The van der Waals surface area contributed by atoms with Crippen molar-refractivity contribution in [2.45, 2.75) is 45.6 Å². The molecule has 0 aliphatic rings. The number of rotatable bonds is 10. The van der Waals surface area contributed by atoms with Crippen LogP contribution in [0.1, 0.15) is 55.5 Å². The Balaban J connectivity index is 1.54. The number of benzene rings is 3. The summed E-state index contributed by atoms with van der Waals surface area (Å²) in [7, 11) is 0. The molecule has 3 N–H and O–H groups in total. The number of hydrogen-bond donors (Lipinski definition) is 3. The van der Waals surface area contributed by atoms with Crippen molar-refractivity contribution >= 4 is 22.7 Å². The number of carbonyl (C=O) groups excluding carboxylic acids is 2. The quantitative estimate of drug-likeness (QED) is 0.353. The fourth-order valence-corrected chi connectivity index (χ4v) is 4.03. The van der Waals surface area contributed by atoms with Gasteiger partial charge in [-0.15, -0.1) is 0 Å². The lowest BCUT2D eigenvalue weighted by molar-refractivity contribution is -0.159. The highest BCUT2D eigenvalue weighted by atomic mass is 16.6. The van der Waals surface area contributed by atoms with Crippen LogP contribution in [-0.2, 0) is 14.3 Å². The first-order valence-electron chi connectivity index (χ1n) is 11.7. The van der Waals surface area contributed by atoms with Gasteiger partial charge < -0.3 is 24.8 Å². The Hall–Kier alpha value is -3.58. The number of carbonyl (C=O) groups is 2. The number of esters is 2. The zero-order valence-electron chi connectivity index (χ0n) is 20.2. The number of aliphatic hydroxyl groups excluding tert-OH is 1. The summed E-state index contributed by atoms with van der Waals surface area (Å²) >= 11 is 0. The van der Waals surface area contributed by atoms with Crippen molar-refractivity contribution in [1.82, 2.24) is 0 Å². The number of fused-ring (bicyclic) bond motifs is 1. The average Bonchev–Trinajstić information content (AvgIpc) is 2.85. The third kappa shape index (κ3) is 6.51. The molecule has 0 spiro atoms. The Labute approximate surface area is 204 Å². The van der Waals surface area contributed by atoms with Gasteiger partial charge in [0.1, 0.15) is 36.4 Å². The molecule has 186 valence electrons. The Morgan fingerprint density at radius 1 is 0.943 bits per heavy atom. The Kier molecular flexibility index (Phi) is 8.35. The zero-order chi connectivity index (χ0) is 25.6. The molecule has 0 aliphatic carbocycles. The molecule has 3 aromatic rings. The van der Waals surface area contributed by atoms with Gasteiger partial charge in [-0.2, -0.15) is 0 Å². The summed E-state index contributed by atoms with van der Waals surface area (Å²) < 4.78 is 10.5. The van der Waals surface area contributed by atoms with E-state index in [1.54, 1.807) is 6.07 Å². The molecule has 3 rings (SSSR count). The van der Waals surface area contributed by atoms with E-state index in [9.17, 15) is 24.9 Å². The summed E-state index contributed by atoms with van der Waals surface area (Å²) in [5.74, 6) is -1.36. The normalized spacial score (nSPS) is 14.6. The van der Waals surface area contributed by atoms with Gasteiger partial charge in [-0.25, -0.2) is 4.79 Å². The highest BCUT2D eigenvalue weighted by Gasteiger charge is 2.35. The molecule has 7 heteroatoms. The minimum absolute atomic E-state index is 0.0250. The van der Waals surface area contributed by atoms with E-state index in [0.717, 1.165) is 5.56 Å². The SMILES string of the molecule is CCC(C)(CC(C)c1ccccc1)C(=O)OCC(O)COC(=O)c1cc2cc(O)ccc2cc1O. The van der Waals surface area contributed by atoms with Crippen LogP contribution in [0.5, 0.6) is 11.5 Å². The summed E-state index contributed by atoms with van der Waals surface area (Å²) in [6.07, 6.45) is -0.0544. The van der Waals surface area contributed by atoms with E-state index < -0.39 is 30.1 Å². The van der Waals surface area contributed by atoms with Crippen LogP contribution in [0.15, 0.2) is 60.7 Å². The molecule has 0 saturated carbocycles. The standard InChI is InChI=1S/C28H32O7/c1-4-28(3,15-18(2)19-8-6-5-7-9-19)27(33)35-17-23(30)16-34-26(32)24-13-21-12-22(29)11-10-20(21)14-25(24)31/h5-14,18,23,29-31H,4,15-17H2,1-3H3. The van der Waals surface area contributed by atoms with Crippen molar-refractivity contribution in [3.05, 3.63) is 71.8 Å². The van der Waals surface area contributed by atoms with E-state index in [2.05, 4.69) is 6.92 Å². The first kappa shape index (κ1) is 26.0. The first-order valence-corrected chi connectivity index (χ1v) is 11.7. The molecular formula is C28H32O7. The van der Waals surface area contributed by atoms with Gasteiger partial charge >= 0.3 is 11.9 Å². The Morgan fingerprint density at radius 2 is 1.63 bits per heavy atom. The number of aliphatic hydroxyl groups is 1. The fourth-order valence-electron chi connectivity index (χ4n) is 4.03. The van der Waals surface area contributed by atoms with Gasteiger partial charge in [-0.05, 0) is 66.3 Å². The maximum Gasteiger partial charge on any atom is 0.342 e. The summed E-state index contributed by atoms with van der Waals surface area (Å²) in [5, 5.41) is 31.2. The third-order valence-corrected chi connectivity index (χ3v) is 6.37. The van der Waals surface area contributed by atoms with E-state index in [-0.39, 0.29) is 29.6 Å². The van der Waals surface area contributed by atoms with Crippen LogP contribution in [0.3, 0.4) is 0 Å². The van der Waals surface area contributed by atoms with E-state index >= 15 is 0 Å². The second-order valence-electron chi connectivity index (χ2n) is 9.18. The molecule has 0 bridgehead atoms. The molecule has 7 nitrogen and oxygen atoms in total. The van der Waals surface area contributed by atoms with Crippen molar-refractivity contribution < 1.29 is 34.4 Å². The molecule has 3 aromatic carbocycles. The van der Waals surface area contributed by atoms with E-state index in [1.807, 2.05) is 44.2 Å².